The molecule has 1 unspecified atom stereocenters. The third-order valence-electron chi connectivity index (χ3n) is 4.47. The van der Waals surface area contributed by atoms with Gasteiger partial charge in [0.1, 0.15) is 0 Å². The quantitative estimate of drug-likeness (QED) is 0.746. The number of ether oxygens (including phenoxy) is 2. The normalized spacial score (nSPS) is 19.2. The van der Waals surface area contributed by atoms with Crippen molar-refractivity contribution >= 4 is 29.4 Å². The Morgan fingerprint density at radius 3 is 2.92 bits per heavy atom. The summed E-state index contributed by atoms with van der Waals surface area (Å²) in [6.45, 7) is 1.90. The number of pyridine rings is 1. The first-order chi connectivity index (χ1) is 12.8. The van der Waals surface area contributed by atoms with E-state index in [1.54, 1.807) is 24.2 Å². The van der Waals surface area contributed by atoms with Gasteiger partial charge in [-0.1, -0.05) is 6.07 Å². The molecule has 0 bridgehead atoms. The van der Waals surface area contributed by atoms with E-state index in [-0.39, 0.29) is 5.91 Å². The van der Waals surface area contributed by atoms with Gasteiger partial charge in [-0.05, 0) is 36.2 Å². The van der Waals surface area contributed by atoms with Gasteiger partial charge in [-0.2, -0.15) is 11.8 Å². The van der Waals surface area contributed by atoms with Gasteiger partial charge >= 0.3 is 0 Å². The highest BCUT2D eigenvalue weighted by atomic mass is 32.2. The number of nitrogens with zero attached hydrogens (tertiary/aromatic N) is 2. The second-order valence-electron chi connectivity index (χ2n) is 6.11. The van der Waals surface area contributed by atoms with Gasteiger partial charge < -0.3 is 14.4 Å². The lowest BCUT2D eigenvalue weighted by molar-refractivity contribution is -0.128. The monoisotopic (exact) mass is 388 g/mol. The largest absolute Gasteiger partial charge is 0.454 e. The predicted molar refractivity (Wildman–Crippen MR) is 104 cm³/mol. The molecule has 0 saturated carbocycles. The van der Waals surface area contributed by atoms with Crippen LogP contribution >= 0.6 is 23.5 Å². The molecule has 1 atom stereocenters. The summed E-state index contributed by atoms with van der Waals surface area (Å²) in [4.78, 5) is 19.6. The van der Waals surface area contributed by atoms with Crippen molar-refractivity contribution in [1.82, 2.24) is 9.88 Å². The van der Waals surface area contributed by atoms with Gasteiger partial charge in [-0.3, -0.25) is 9.78 Å². The number of amides is 1. The van der Waals surface area contributed by atoms with Crippen LogP contribution in [0.15, 0.2) is 47.6 Å². The maximum Gasteiger partial charge on any atom is 0.232 e. The number of rotatable bonds is 4. The fourth-order valence-corrected chi connectivity index (χ4v) is 5.08. The van der Waals surface area contributed by atoms with Crippen molar-refractivity contribution in [3.63, 3.8) is 0 Å². The highest BCUT2D eigenvalue weighted by molar-refractivity contribution is 8.00. The van der Waals surface area contributed by atoms with E-state index in [1.165, 1.54) is 5.56 Å². The zero-order valence-electron chi connectivity index (χ0n) is 14.3. The van der Waals surface area contributed by atoms with Crippen LogP contribution in [0, 0.1) is 0 Å². The first kappa shape index (κ1) is 17.5. The molecule has 2 aliphatic heterocycles. The molecular weight excluding hydrogens is 368 g/mol. The van der Waals surface area contributed by atoms with Crippen molar-refractivity contribution in [1.29, 1.82) is 0 Å². The summed E-state index contributed by atoms with van der Waals surface area (Å²) in [6.07, 6.45) is 4.46. The molecule has 4 rings (SSSR count). The molecule has 5 nitrogen and oxygen atoms in total. The van der Waals surface area contributed by atoms with Gasteiger partial charge in [0, 0.05) is 41.4 Å². The molecule has 0 aliphatic carbocycles. The van der Waals surface area contributed by atoms with E-state index < -0.39 is 0 Å². The first-order valence-electron chi connectivity index (χ1n) is 8.61. The summed E-state index contributed by atoms with van der Waals surface area (Å²) in [5.41, 5.74) is 1.25. The standard InChI is InChI=1S/C19H20N2O3S2/c22-19(12-26-15-3-6-20-7-4-15)21-8-5-18(25-10-9-21)14-1-2-16-17(11-14)24-13-23-16/h1-4,6-7,11,18H,5,8-10,12-13H2. The first-order valence-corrected chi connectivity index (χ1v) is 10.6. The van der Waals surface area contributed by atoms with E-state index in [1.807, 2.05) is 34.9 Å². The third-order valence-corrected chi connectivity index (χ3v) is 6.80. The number of carbonyl (C=O) groups excluding carboxylic acids is 1. The lowest BCUT2D eigenvalue weighted by atomic mass is 10.1. The molecular formula is C19H20N2O3S2. The van der Waals surface area contributed by atoms with Crippen LogP contribution in [0.1, 0.15) is 17.2 Å². The van der Waals surface area contributed by atoms with Crippen LogP contribution in [0.3, 0.4) is 0 Å². The van der Waals surface area contributed by atoms with Crippen LogP contribution in [0.4, 0.5) is 0 Å². The average molecular weight is 389 g/mol. The summed E-state index contributed by atoms with van der Waals surface area (Å²) in [7, 11) is 0. The number of thioether (sulfide) groups is 2. The maximum absolute atomic E-state index is 12.6. The second kappa shape index (κ2) is 8.22. The summed E-state index contributed by atoms with van der Waals surface area (Å²) in [5, 5.41) is 0.384. The molecule has 0 radical (unpaired) electrons. The Balaban J connectivity index is 1.33. The Morgan fingerprint density at radius 2 is 2.04 bits per heavy atom. The van der Waals surface area contributed by atoms with Crippen LogP contribution in [-0.4, -0.2) is 47.2 Å². The topological polar surface area (TPSA) is 51.7 Å². The summed E-state index contributed by atoms with van der Waals surface area (Å²) >= 11 is 3.48. The van der Waals surface area contributed by atoms with Crippen molar-refractivity contribution in [3.05, 3.63) is 48.3 Å². The van der Waals surface area contributed by atoms with E-state index in [4.69, 9.17) is 9.47 Å². The van der Waals surface area contributed by atoms with Gasteiger partial charge in [0.25, 0.3) is 0 Å². The van der Waals surface area contributed by atoms with Crippen LogP contribution in [0.5, 0.6) is 11.5 Å². The zero-order valence-corrected chi connectivity index (χ0v) is 15.9. The van der Waals surface area contributed by atoms with Gasteiger partial charge in [-0.15, -0.1) is 11.8 Å². The molecule has 1 aromatic heterocycles. The molecule has 7 heteroatoms. The number of carbonyl (C=O) groups is 1. The van der Waals surface area contributed by atoms with E-state index in [0.29, 0.717) is 17.8 Å². The molecule has 0 N–H and O–H groups in total. The molecule has 2 aliphatic rings. The fourth-order valence-electron chi connectivity index (χ4n) is 3.07. The highest BCUT2D eigenvalue weighted by Crippen LogP contribution is 2.40. The molecule has 136 valence electrons. The van der Waals surface area contributed by atoms with E-state index >= 15 is 0 Å². The molecule has 1 amide bonds. The Hall–Kier alpha value is -1.86. The van der Waals surface area contributed by atoms with Crippen LogP contribution in [-0.2, 0) is 4.79 Å². The Kier molecular flexibility index (Phi) is 5.55. The zero-order chi connectivity index (χ0) is 17.8. The molecule has 3 heterocycles. The third kappa shape index (κ3) is 4.10. The van der Waals surface area contributed by atoms with Crippen LogP contribution in [0.25, 0.3) is 0 Å². The van der Waals surface area contributed by atoms with E-state index in [2.05, 4.69) is 17.1 Å². The number of hydrogen-bond acceptors (Lipinski definition) is 6. The van der Waals surface area contributed by atoms with Crippen molar-refractivity contribution in [3.8, 4) is 11.5 Å². The van der Waals surface area contributed by atoms with E-state index in [9.17, 15) is 4.79 Å². The predicted octanol–water partition coefficient (Wildman–Crippen LogP) is 3.61. The van der Waals surface area contributed by atoms with Crippen LogP contribution < -0.4 is 9.47 Å². The lowest BCUT2D eigenvalue weighted by Gasteiger charge is -2.20. The average Bonchev–Trinajstić information content (AvgIpc) is 3.01. The maximum atomic E-state index is 12.6. The number of hydrogen-bond donors (Lipinski definition) is 0. The lowest BCUT2D eigenvalue weighted by Crippen LogP contribution is -2.34. The Morgan fingerprint density at radius 1 is 1.19 bits per heavy atom. The summed E-state index contributed by atoms with van der Waals surface area (Å²) in [5.74, 6) is 3.28. The van der Waals surface area contributed by atoms with E-state index in [0.717, 1.165) is 41.7 Å². The molecule has 0 spiro atoms. The smallest absolute Gasteiger partial charge is 0.232 e. The SMILES string of the molecule is O=C(CSc1ccncc1)N1CCSC(c2ccc3c(c2)OCO3)CC1. The number of benzene rings is 1. The Labute approximate surface area is 161 Å². The van der Waals surface area contributed by atoms with Gasteiger partial charge in [0.15, 0.2) is 11.5 Å². The Bertz CT molecular complexity index is 773. The number of aromatic nitrogens is 1. The van der Waals surface area contributed by atoms with Gasteiger partial charge in [-0.25, -0.2) is 0 Å². The van der Waals surface area contributed by atoms with Crippen molar-refractivity contribution in [2.75, 3.05) is 31.4 Å². The highest BCUT2D eigenvalue weighted by Gasteiger charge is 2.24. The number of fused-ring (bicyclic) bond motifs is 1. The minimum Gasteiger partial charge on any atom is -0.454 e. The van der Waals surface area contributed by atoms with Gasteiger partial charge in [0.05, 0.1) is 5.75 Å². The second-order valence-corrected chi connectivity index (χ2v) is 8.47. The molecule has 1 aromatic carbocycles. The molecule has 2 aromatic rings. The minimum absolute atomic E-state index is 0.207. The molecule has 1 saturated heterocycles. The summed E-state index contributed by atoms with van der Waals surface area (Å²) < 4.78 is 10.9. The minimum atomic E-state index is 0.207. The fraction of sp³-hybridized carbons (Fsp3) is 0.368. The van der Waals surface area contributed by atoms with Crippen molar-refractivity contribution in [2.45, 2.75) is 16.6 Å². The van der Waals surface area contributed by atoms with Crippen molar-refractivity contribution < 1.29 is 14.3 Å². The van der Waals surface area contributed by atoms with Crippen LogP contribution in [0.2, 0.25) is 0 Å². The summed E-state index contributed by atoms with van der Waals surface area (Å²) in [6, 6.07) is 10.0. The molecule has 1 fully saturated rings. The van der Waals surface area contributed by atoms with Crippen molar-refractivity contribution in [2.24, 2.45) is 0 Å². The van der Waals surface area contributed by atoms with Gasteiger partial charge in [0.2, 0.25) is 12.7 Å². The molecule has 26 heavy (non-hydrogen) atoms.